The Balaban J connectivity index is 1.50. The van der Waals surface area contributed by atoms with Crippen molar-refractivity contribution >= 4 is 10.9 Å². The summed E-state index contributed by atoms with van der Waals surface area (Å²) in [6, 6.07) is 13.1. The molecule has 0 unspecified atom stereocenters. The molecule has 0 bridgehead atoms. The lowest BCUT2D eigenvalue weighted by molar-refractivity contribution is -0.0330. The number of hydrogen-bond acceptors (Lipinski definition) is 3. The van der Waals surface area contributed by atoms with E-state index < -0.39 is 0 Å². The molecular weight excluding hydrogens is 298 g/mol. The fraction of sp³-hybridized carbons (Fsp3) is 0.350. The number of benzene rings is 1. The van der Waals surface area contributed by atoms with E-state index in [0.717, 1.165) is 38.3 Å². The summed E-state index contributed by atoms with van der Waals surface area (Å²) in [4.78, 5) is 6.69. The van der Waals surface area contributed by atoms with Gasteiger partial charge in [0.05, 0.1) is 12.7 Å². The van der Waals surface area contributed by atoms with Crippen molar-refractivity contribution < 1.29 is 4.74 Å². The van der Waals surface area contributed by atoms with Gasteiger partial charge in [0.2, 0.25) is 0 Å². The van der Waals surface area contributed by atoms with Crippen molar-refractivity contribution in [2.45, 2.75) is 26.1 Å². The Bertz CT molecular complexity index is 812. The fourth-order valence-corrected chi connectivity index (χ4v) is 3.48. The predicted octanol–water partition coefficient (Wildman–Crippen LogP) is 3.63. The average molecular weight is 321 g/mol. The second kappa shape index (κ2) is 6.75. The van der Waals surface area contributed by atoms with Crippen LogP contribution in [0, 0.1) is 0 Å². The van der Waals surface area contributed by atoms with Gasteiger partial charge in [0, 0.05) is 55.8 Å². The molecule has 1 aliphatic heterocycles. The van der Waals surface area contributed by atoms with Crippen LogP contribution < -0.4 is 0 Å². The van der Waals surface area contributed by atoms with Gasteiger partial charge in [-0.1, -0.05) is 18.2 Å². The van der Waals surface area contributed by atoms with Crippen molar-refractivity contribution in [3.05, 3.63) is 66.1 Å². The molecule has 1 aliphatic rings. The maximum absolute atomic E-state index is 5.94. The normalized spacial score (nSPS) is 19.0. The highest BCUT2D eigenvalue weighted by Gasteiger charge is 2.22. The van der Waals surface area contributed by atoms with E-state index >= 15 is 0 Å². The maximum Gasteiger partial charge on any atom is 0.0967 e. The summed E-state index contributed by atoms with van der Waals surface area (Å²) >= 11 is 0. The molecule has 0 N–H and O–H groups in total. The summed E-state index contributed by atoms with van der Waals surface area (Å²) < 4.78 is 8.24. The minimum atomic E-state index is 0.121. The highest BCUT2D eigenvalue weighted by molar-refractivity contribution is 5.80. The van der Waals surface area contributed by atoms with E-state index in [1.165, 1.54) is 16.5 Å². The lowest BCUT2D eigenvalue weighted by Gasteiger charge is -2.33. The largest absolute Gasteiger partial charge is 0.371 e. The Morgan fingerprint density at radius 2 is 2.21 bits per heavy atom. The van der Waals surface area contributed by atoms with Crippen molar-refractivity contribution in [1.29, 1.82) is 0 Å². The van der Waals surface area contributed by atoms with Crippen molar-refractivity contribution in [1.82, 2.24) is 14.5 Å². The van der Waals surface area contributed by atoms with E-state index in [1.54, 1.807) is 0 Å². The lowest BCUT2D eigenvalue weighted by Crippen LogP contribution is -2.37. The minimum absolute atomic E-state index is 0.121. The fourth-order valence-electron chi connectivity index (χ4n) is 3.48. The molecule has 4 heteroatoms. The van der Waals surface area contributed by atoms with Gasteiger partial charge in [-0.3, -0.25) is 9.88 Å². The third-order valence-electron chi connectivity index (χ3n) is 4.79. The molecule has 4 rings (SSSR count). The zero-order chi connectivity index (χ0) is 16.4. The third-order valence-corrected chi connectivity index (χ3v) is 4.79. The molecule has 2 aromatic heterocycles. The summed E-state index contributed by atoms with van der Waals surface area (Å²) in [5.41, 5.74) is 3.85. The maximum atomic E-state index is 5.94. The van der Waals surface area contributed by atoms with Crippen LogP contribution in [0.2, 0.25) is 0 Å². The number of aryl methyl sites for hydroxylation is 1. The number of hydrogen-bond donors (Lipinski definition) is 0. The molecule has 0 amide bonds. The summed E-state index contributed by atoms with van der Waals surface area (Å²) in [5.74, 6) is 0. The topological polar surface area (TPSA) is 30.3 Å². The molecule has 0 radical (unpaired) electrons. The van der Waals surface area contributed by atoms with Crippen LogP contribution in [0.1, 0.15) is 24.2 Å². The number of pyridine rings is 1. The second-order valence-electron chi connectivity index (χ2n) is 6.38. The number of nitrogens with zero attached hydrogens (tertiary/aromatic N) is 3. The second-order valence-corrected chi connectivity index (χ2v) is 6.38. The van der Waals surface area contributed by atoms with Crippen molar-refractivity contribution in [2.75, 3.05) is 19.7 Å². The molecule has 0 aliphatic carbocycles. The van der Waals surface area contributed by atoms with Crippen LogP contribution >= 0.6 is 0 Å². The van der Waals surface area contributed by atoms with Gasteiger partial charge in [0.1, 0.15) is 0 Å². The van der Waals surface area contributed by atoms with Gasteiger partial charge in [-0.05, 0) is 36.1 Å². The van der Waals surface area contributed by atoms with Crippen LogP contribution in [0.3, 0.4) is 0 Å². The van der Waals surface area contributed by atoms with Gasteiger partial charge in [0.15, 0.2) is 0 Å². The van der Waals surface area contributed by atoms with Crippen LogP contribution in [0.15, 0.2) is 55.0 Å². The molecular formula is C20H23N3O. The number of ether oxygens (including phenoxy) is 1. The molecule has 1 aromatic carbocycles. The lowest BCUT2D eigenvalue weighted by atomic mass is 10.1. The molecule has 1 atom stereocenters. The van der Waals surface area contributed by atoms with E-state index in [-0.39, 0.29) is 6.10 Å². The van der Waals surface area contributed by atoms with Gasteiger partial charge >= 0.3 is 0 Å². The van der Waals surface area contributed by atoms with Crippen LogP contribution in [-0.4, -0.2) is 34.1 Å². The Morgan fingerprint density at radius 1 is 1.25 bits per heavy atom. The highest BCUT2D eigenvalue weighted by Crippen LogP contribution is 2.24. The summed E-state index contributed by atoms with van der Waals surface area (Å²) in [6.45, 7) is 6.82. The number of fused-ring (bicyclic) bond motifs is 1. The van der Waals surface area contributed by atoms with E-state index in [1.807, 2.05) is 18.5 Å². The number of aromatic nitrogens is 2. The third kappa shape index (κ3) is 3.07. The molecule has 3 heterocycles. The molecule has 24 heavy (non-hydrogen) atoms. The molecule has 0 saturated carbocycles. The highest BCUT2D eigenvalue weighted by atomic mass is 16.5. The zero-order valence-electron chi connectivity index (χ0n) is 14.1. The smallest absolute Gasteiger partial charge is 0.0967 e. The predicted molar refractivity (Wildman–Crippen MR) is 95.8 cm³/mol. The van der Waals surface area contributed by atoms with Gasteiger partial charge in [-0.2, -0.15) is 0 Å². The van der Waals surface area contributed by atoms with Crippen LogP contribution in [0.25, 0.3) is 10.9 Å². The van der Waals surface area contributed by atoms with Gasteiger partial charge in [-0.15, -0.1) is 0 Å². The molecule has 1 saturated heterocycles. The Morgan fingerprint density at radius 3 is 3.04 bits per heavy atom. The van der Waals surface area contributed by atoms with E-state index in [9.17, 15) is 0 Å². The Hall–Kier alpha value is -2.17. The number of morpholine rings is 1. The van der Waals surface area contributed by atoms with E-state index in [4.69, 9.17) is 4.74 Å². The molecule has 4 nitrogen and oxygen atoms in total. The SMILES string of the molecule is CCn1ccc2ccc(CN3CCO[C@@H](c4cccnc4)C3)cc21. The first kappa shape index (κ1) is 15.4. The first-order chi connectivity index (χ1) is 11.8. The summed E-state index contributed by atoms with van der Waals surface area (Å²) in [7, 11) is 0. The summed E-state index contributed by atoms with van der Waals surface area (Å²) in [6.07, 6.45) is 6.01. The molecule has 3 aromatic rings. The average Bonchev–Trinajstić information content (AvgIpc) is 3.05. The first-order valence-electron chi connectivity index (χ1n) is 8.65. The quantitative estimate of drug-likeness (QED) is 0.735. The van der Waals surface area contributed by atoms with Crippen LogP contribution in [0.5, 0.6) is 0 Å². The Kier molecular flexibility index (Phi) is 4.32. The van der Waals surface area contributed by atoms with Crippen molar-refractivity contribution in [2.24, 2.45) is 0 Å². The van der Waals surface area contributed by atoms with Gasteiger partial charge in [0.25, 0.3) is 0 Å². The van der Waals surface area contributed by atoms with Crippen molar-refractivity contribution in [3.63, 3.8) is 0 Å². The summed E-state index contributed by atoms with van der Waals surface area (Å²) in [5, 5.41) is 1.32. The molecule has 124 valence electrons. The van der Waals surface area contributed by atoms with Crippen LogP contribution in [-0.2, 0) is 17.8 Å². The monoisotopic (exact) mass is 321 g/mol. The number of rotatable bonds is 4. The molecule has 0 spiro atoms. The van der Waals surface area contributed by atoms with E-state index in [2.05, 4.69) is 57.9 Å². The minimum Gasteiger partial charge on any atom is -0.371 e. The van der Waals surface area contributed by atoms with Crippen LogP contribution in [0.4, 0.5) is 0 Å². The van der Waals surface area contributed by atoms with E-state index in [0.29, 0.717) is 0 Å². The Labute approximate surface area is 142 Å². The standard InChI is InChI=1S/C20H23N3O/c1-2-23-9-7-17-6-5-16(12-19(17)23)14-22-10-11-24-20(15-22)18-4-3-8-21-13-18/h3-9,12-13,20H,2,10-11,14-15H2,1H3/t20-/m1/s1. The van der Waals surface area contributed by atoms with Gasteiger partial charge < -0.3 is 9.30 Å². The zero-order valence-corrected chi connectivity index (χ0v) is 14.1. The molecule has 1 fully saturated rings. The van der Waals surface area contributed by atoms with Gasteiger partial charge in [-0.25, -0.2) is 0 Å². The van der Waals surface area contributed by atoms with Crippen molar-refractivity contribution in [3.8, 4) is 0 Å². The first-order valence-corrected chi connectivity index (χ1v) is 8.65.